The topological polar surface area (TPSA) is 240 Å². The molecule has 4 saturated heterocycles. The molecular weight excluding hydrogens is 940 g/mol. The van der Waals surface area contributed by atoms with Gasteiger partial charge in [0.25, 0.3) is 0 Å². The molecule has 7 amide bonds. The van der Waals surface area contributed by atoms with Crippen LogP contribution in [0.2, 0.25) is 0 Å². The summed E-state index contributed by atoms with van der Waals surface area (Å²) in [5.41, 5.74) is 9.33. The standard InChI is InChI=1S/C44H65ClN12O9S2/c1-28(29-3-8-36-30(21-29)22-38(58)50-36)47-40(60)37(68-41-35(45)24-46-42(61)51-41)9-15-63-17-18-64-19-20-65-26-33-25-57(54-53-33)14-16-66-34-6-4-31(5-7-34)48-43(62)52-44-49-32(27-67-44)23-39(59)56-12-10-55(2)11-13-56/h3-8,21,28,32-33,35,37,41,44,49,53-54H,9-20,22-27H2,1-2H3,(H,47,60)(H,50,58)(H2,46,51,61)(H2,48,52,62)/t28-,32?,33?,35?,37+,41?,44?/m1/s1. The maximum atomic E-state index is 13.6. The number of nitrogens with zero attached hydrogens (tertiary/aromatic N) is 3. The van der Waals surface area contributed by atoms with Crippen molar-refractivity contribution in [3.8, 4) is 5.75 Å². The maximum absolute atomic E-state index is 13.6. The Morgan fingerprint density at radius 1 is 0.956 bits per heavy atom. The third-order valence-corrected chi connectivity index (χ3v) is 15.1. The number of piperazine rings is 1. The van der Waals surface area contributed by atoms with Crippen LogP contribution in [0.4, 0.5) is 21.0 Å². The van der Waals surface area contributed by atoms with Crippen molar-refractivity contribution in [2.24, 2.45) is 0 Å². The number of thioether (sulfide) groups is 2. The predicted molar refractivity (Wildman–Crippen MR) is 261 cm³/mol. The van der Waals surface area contributed by atoms with Gasteiger partial charge in [0.15, 0.2) is 0 Å². The quantitative estimate of drug-likeness (QED) is 0.0531. The molecule has 0 aliphatic carbocycles. The summed E-state index contributed by atoms with van der Waals surface area (Å²) in [7, 11) is 2.07. The van der Waals surface area contributed by atoms with Gasteiger partial charge < -0.3 is 60.6 Å². The highest BCUT2D eigenvalue weighted by Gasteiger charge is 2.34. The lowest BCUT2D eigenvalue weighted by molar-refractivity contribution is -0.133. The van der Waals surface area contributed by atoms with Gasteiger partial charge in [0.05, 0.1) is 67.5 Å². The molecule has 5 aliphatic heterocycles. The summed E-state index contributed by atoms with van der Waals surface area (Å²) in [6.07, 6.45) is 1.12. The number of carbonyl (C=O) groups is 5. The van der Waals surface area contributed by atoms with E-state index >= 15 is 0 Å². The normalized spacial score (nSPS) is 23.8. The van der Waals surface area contributed by atoms with Crippen molar-refractivity contribution in [3.63, 3.8) is 0 Å². The molecule has 4 fully saturated rings. The molecule has 5 aliphatic rings. The van der Waals surface area contributed by atoms with Crippen molar-refractivity contribution in [1.82, 2.24) is 52.4 Å². The Balaban J connectivity index is 0.700. The minimum absolute atomic E-state index is 0.0180. The average Bonchev–Trinajstić information content (AvgIpc) is 4.07. The van der Waals surface area contributed by atoms with Crippen molar-refractivity contribution >= 4 is 76.3 Å². The number of hydrogen-bond acceptors (Lipinski definition) is 16. The first kappa shape index (κ1) is 51.7. The van der Waals surface area contributed by atoms with Crippen molar-refractivity contribution < 1.29 is 42.9 Å². The number of halogens is 1. The SMILES string of the molecule is C[C@@H](NC(=O)[C@H](CCOCCOCCOCC1CN(CCOc2ccc(NC(=O)NC3NC(CC(=O)N4CCN(C)CC4)CS3)cc2)NN1)SC1NC(=O)NCC1Cl)c1ccc2c(c1)CC(=O)N2. The zero-order chi connectivity index (χ0) is 47.8. The van der Waals surface area contributed by atoms with Crippen LogP contribution in [-0.4, -0.2) is 183 Å². The van der Waals surface area contributed by atoms with E-state index in [1.165, 1.54) is 11.8 Å². The third-order valence-electron chi connectivity index (χ3n) is 11.9. The molecule has 374 valence electrons. The highest BCUT2D eigenvalue weighted by molar-refractivity contribution is 8.01. The lowest BCUT2D eigenvalue weighted by Gasteiger charge is -2.33. The number of hydrogen-bond donors (Lipinski definition) is 9. The molecule has 5 heterocycles. The van der Waals surface area contributed by atoms with Crippen molar-refractivity contribution in [1.29, 1.82) is 0 Å². The van der Waals surface area contributed by atoms with E-state index < -0.39 is 16.0 Å². The molecule has 0 saturated carbocycles. The van der Waals surface area contributed by atoms with Crippen LogP contribution in [0, 0.1) is 0 Å². The second-order valence-corrected chi connectivity index (χ2v) is 20.3. The summed E-state index contributed by atoms with van der Waals surface area (Å²) in [6, 6.07) is 12.0. The Kier molecular flexibility index (Phi) is 19.9. The fraction of sp³-hybridized carbons (Fsp3) is 0.614. The minimum Gasteiger partial charge on any atom is -0.492 e. The second kappa shape index (κ2) is 26.2. The Labute approximate surface area is 410 Å². The summed E-state index contributed by atoms with van der Waals surface area (Å²) in [5.74, 6) is 1.34. The molecule has 0 spiro atoms. The van der Waals surface area contributed by atoms with Gasteiger partial charge in [-0.3, -0.25) is 19.7 Å². The van der Waals surface area contributed by atoms with Gasteiger partial charge in [0.2, 0.25) is 17.7 Å². The van der Waals surface area contributed by atoms with Crippen molar-refractivity contribution in [2.75, 3.05) is 115 Å². The molecule has 0 aromatic heterocycles. The van der Waals surface area contributed by atoms with E-state index in [2.05, 4.69) is 60.1 Å². The van der Waals surface area contributed by atoms with Crippen LogP contribution in [0.15, 0.2) is 42.5 Å². The lowest BCUT2D eigenvalue weighted by Crippen LogP contribution is -2.55. The molecule has 68 heavy (non-hydrogen) atoms. The number of alkyl halides is 1. The Bertz CT molecular complexity index is 2010. The lowest BCUT2D eigenvalue weighted by atomic mass is 10.0. The van der Waals surface area contributed by atoms with Crippen molar-refractivity contribution in [3.05, 3.63) is 53.6 Å². The highest BCUT2D eigenvalue weighted by Crippen LogP contribution is 2.29. The number of hydrazine groups is 2. The molecule has 0 radical (unpaired) electrons. The van der Waals surface area contributed by atoms with Crippen LogP contribution in [0.1, 0.15) is 36.9 Å². The maximum Gasteiger partial charge on any atom is 0.321 e. The van der Waals surface area contributed by atoms with Gasteiger partial charge in [-0.05, 0) is 61.9 Å². The number of amides is 7. The van der Waals surface area contributed by atoms with E-state index in [1.807, 2.05) is 47.2 Å². The number of ether oxygens (including phenoxy) is 4. The summed E-state index contributed by atoms with van der Waals surface area (Å²) in [4.78, 5) is 67.0. The van der Waals surface area contributed by atoms with Gasteiger partial charge in [-0.1, -0.05) is 12.1 Å². The van der Waals surface area contributed by atoms with Crippen LogP contribution in [0.5, 0.6) is 5.75 Å². The summed E-state index contributed by atoms with van der Waals surface area (Å²) < 4.78 is 23.3. The Hall–Kier alpha value is -4.14. The van der Waals surface area contributed by atoms with E-state index in [4.69, 9.17) is 30.5 Å². The largest absolute Gasteiger partial charge is 0.492 e. The highest BCUT2D eigenvalue weighted by atomic mass is 35.5. The first-order valence-corrected chi connectivity index (χ1v) is 25.6. The molecular formula is C44H65ClN12O9S2. The molecule has 24 heteroatoms. The van der Waals surface area contributed by atoms with E-state index in [9.17, 15) is 24.0 Å². The summed E-state index contributed by atoms with van der Waals surface area (Å²) in [5, 5.41) is 21.2. The third kappa shape index (κ3) is 16.2. The Morgan fingerprint density at radius 3 is 2.51 bits per heavy atom. The molecule has 5 unspecified atom stereocenters. The van der Waals surface area contributed by atoms with Crippen molar-refractivity contribution in [2.45, 2.75) is 65.8 Å². The van der Waals surface area contributed by atoms with Gasteiger partial charge in [-0.25, -0.2) is 20.0 Å². The van der Waals surface area contributed by atoms with Crippen LogP contribution < -0.4 is 52.9 Å². The number of anilines is 2. The number of likely N-dealkylation sites (N-methyl/N-ethyl adjacent to an activating group) is 1. The van der Waals surface area contributed by atoms with Crippen LogP contribution in [0.25, 0.3) is 0 Å². The van der Waals surface area contributed by atoms with Gasteiger partial charge in [0.1, 0.15) is 17.9 Å². The van der Waals surface area contributed by atoms with E-state index in [0.29, 0.717) is 90.0 Å². The van der Waals surface area contributed by atoms with Crippen LogP contribution in [0.3, 0.4) is 0 Å². The number of fused-ring (bicyclic) bond motifs is 1. The van der Waals surface area contributed by atoms with Gasteiger partial charge >= 0.3 is 12.1 Å². The minimum atomic E-state index is -0.549. The molecule has 7 atom stereocenters. The molecule has 9 N–H and O–H groups in total. The van der Waals surface area contributed by atoms with Crippen LogP contribution in [-0.2, 0) is 35.0 Å². The number of benzene rings is 2. The first-order valence-electron chi connectivity index (χ1n) is 23.1. The number of carbonyl (C=O) groups excluding carboxylic acids is 5. The second-order valence-electron chi connectivity index (χ2n) is 17.2. The molecule has 2 aromatic carbocycles. The molecule has 0 bridgehead atoms. The number of rotatable bonds is 24. The number of urea groups is 2. The average molecular weight is 1010 g/mol. The van der Waals surface area contributed by atoms with Gasteiger partial charge in [-0.15, -0.1) is 35.1 Å². The fourth-order valence-electron chi connectivity index (χ4n) is 7.98. The summed E-state index contributed by atoms with van der Waals surface area (Å²) in [6.45, 7) is 9.59. The Morgan fingerprint density at radius 2 is 1.72 bits per heavy atom. The predicted octanol–water partition coefficient (Wildman–Crippen LogP) is 1.19. The van der Waals surface area contributed by atoms with E-state index in [1.54, 1.807) is 23.9 Å². The molecule has 2 aromatic rings. The number of nitrogens with one attached hydrogen (secondary N) is 9. The van der Waals surface area contributed by atoms with Crippen LogP contribution >= 0.6 is 35.1 Å². The van der Waals surface area contributed by atoms with Gasteiger partial charge in [0, 0.05) is 82.0 Å². The smallest absolute Gasteiger partial charge is 0.321 e. The zero-order valence-electron chi connectivity index (χ0n) is 38.5. The summed E-state index contributed by atoms with van der Waals surface area (Å²) >= 11 is 9.38. The van der Waals surface area contributed by atoms with E-state index in [0.717, 1.165) is 55.3 Å². The first-order chi connectivity index (χ1) is 32.9. The molecule has 21 nitrogen and oxygen atoms in total. The fourth-order valence-corrected chi connectivity index (χ4v) is 10.6. The zero-order valence-corrected chi connectivity index (χ0v) is 40.9. The monoisotopic (exact) mass is 1000 g/mol. The van der Waals surface area contributed by atoms with Gasteiger partial charge in [-0.2, -0.15) is 5.53 Å². The molecule has 7 rings (SSSR count). The van der Waals surface area contributed by atoms with E-state index in [-0.39, 0.29) is 53.4 Å².